The van der Waals surface area contributed by atoms with Crippen LogP contribution in [0.1, 0.15) is 73.4 Å². The highest BCUT2D eigenvalue weighted by Crippen LogP contribution is 2.48. The first-order chi connectivity index (χ1) is 52.0. The van der Waals surface area contributed by atoms with Crippen molar-refractivity contribution in [3.63, 3.8) is 0 Å². The highest BCUT2D eigenvalue weighted by atomic mass is 16.5. The molecule has 26 heteroatoms. The van der Waals surface area contributed by atoms with E-state index in [9.17, 15) is 19.5 Å². The molecule has 26 nitrogen and oxygen atoms in total. The van der Waals surface area contributed by atoms with Crippen LogP contribution >= 0.6 is 0 Å². The standard InChI is InChI=1S/C80H77N19O7/c1-104-47-80(103)20-29-95(30-21-80)50-3-12-68(85-35-50)92-63-9-6-53(60-38-89-77(101)72(60)63)55-15-23-83-75-58(55)17-26-98(75)44-66-79(46-106-66)18-27-94(28-19-79)49-2-11-67(84-34-49)91-62-8-5-52(59-37-88-76(100)71(59)62)54-14-22-82-74-57(54)16-25-97(74)43-48-42-96(32-33-105-45-48)51-4-13-69(86-36-51)93-64-10-7-56(61-39-90-78(102)73(61)64)65-40-87-70-41-81-24-31-99(65)70/h2-17,22-26,31,34-36,40-41,48,66,103H,18-21,27-30,32-33,37-39,42-47H2,1H3,(H,84,91)(H,85,92)(H,86,93)(H,88,100)(H,89,101)(H,90,102). The second-order valence-corrected chi connectivity index (χ2v) is 28.9. The molecule has 0 bridgehead atoms. The lowest BCUT2D eigenvalue weighted by Crippen LogP contribution is -2.58. The van der Waals surface area contributed by atoms with Crippen LogP contribution in [0.2, 0.25) is 0 Å². The minimum absolute atomic E-state index is 0.0266. The maximum atomic E-state index is 13.8. The van der Waals surface area contributed by atoms with Gasteiger partial charge in [-0.25, -0.2) is 29.9 Å². The summed E-state index contributed by atoms with van der Waals surface area (Å²) in [5, 5.41) is 32.4. The molecule has 9 aromatic heterocycles. The van der Waals surface area contributed by atoms with Crippen LogP contribution in [0.3, 0.4) is 0 Å². The van der Waals surface area contributed by atoms with Gasteiger partial charge in [0.2, 0.25) is 0 Å². The Morgan fingerprint density at radius 1 is 0.528 bits per heavy atom. The lowest BCUT2D eigenvalue weighted by atomic mass is 9.70. The second kappa shape index (κ2) is 26.4. The van der Waals surface area contributed by atoms with Gasteiger partial charge in [0.05, 0.1) is 132 Å². The Bertz CT molecular complexity index is 5450. The molecule has 12 aromatic rings. The largest absolute Gasteiger partial charge is 0.387 e. The number of piperidine rings is 2. The van der Waals surface area contributed by atoms with Crippen LogP contribution in [0.4, 0.5) is 51.6 Å². The maximum Gasteiger partial charge on any atom is 0.254 e. The first-order valence-corrected chi connectivity index (χ1v) is 36.3. The minimum Gasteiger partial charge on any atom is -0.387 e. The Labute approximate surface area is 609 Å². The summed E-state index contributed by atoms with van der Waals surface area (Å²) in [6, 6.07) is 32.5. The first-order valence-electron chi connectivity index (χ1n) is 36.3. The van der Waals surface area contributed by atoms with Crippen molar-refractivity contribution in [1.82, 2.24) is 64.4 Å². The molecule has 19 rings (SSSR count). The fourth-order valence-electron chi connectivity index (χ4n) is 17.1. The Balaban J connectivity index is 0.482. The predicted molar refractivity (Wildman–Crippen MR) is 403 cm³/mol. The van der Waals surface area contributed by atoms with Gasteiger partial charge in [0, 0.05) is 137 Å². The number of fused-ring (bicyclic) bond motifs is 6. The molecule has 3 aromatic carbocycles. The summed E-state index contributed by atoms with van der Waals surface area (Å²) in [5.41, 5.74) is 17.1. The van der Waals surface area contributed by atoms with Gasteiger partial charge in [0.1, 0.15) is 28.7 Å². The fourth-order valence-corrected chi connectivity index (χ4v) is 17.1. The third kappa shape index (κ3) is 11.6. The van der Waals surface area contributed by atoms with Gasteiger partial charge in [0.15, 0.2) is 5.65 Å². The third-order valence-corrected chi connectivity index (χ3v) is 22.8. The number of anilines is 9. The van der Waals surface area contributed by atoms with Crippen LogP contribution in [-0.4, -0.2) is 156 Å². The molecule has 0 aliphatic carbocycles. The Morgan fingerprint density at radius 2 is 1.05 bits per heavy atom. The van der Waals surface area contributed by atoms with Gasteiger partial charge in [-0.15, -0.1) is 0 Å². The van der Waals surface area contributed by atoms with Gasteiger partial charge in [-0.2, -0.15) is 0 Å². The zero-order valence-corrected chi connectivity index (χ0v) is 58.4. The van der Waals surface area contributed by atoms with Crippen LogP contribution in [0.15, 0.2) is 165 Å². The molecule has 1 spiro atoms. The van der Waals surface area contributed by atoms with Gasteiger partial charge in [-0.1, -0.05) is 18.2 Å². The number of amides is 3. The minimum atomic E-state index is -0.802. The number of hydrogen-bond donors (Lipinski definition) is 7. The average Bonchev–Trinajstić information content (AvgIpc) is 1.26. The van der Waals surface area contributed by atoms with Crippen molar-refractivity contribution in [3.8, 4) is 33.5 Å². The number of aromatic nitrogens is 10. The van der Waals surface area contributed by atoms with E-state index in [1.165, 1.54) is 0 Å². The lowest BCUT2D eigenvalue weighted by molar-refractivity contribution is -0.201. The van der Waals surface area contributed by atoms with Crippen LogP contribution in [-0.2, 0) is 46.9 Å². The monoisotopic (exact) mass is 1420 g/mol. The second-order valence-electron chi connectivity index (χ2n) is 28.9. The molecule has 106 heavy (non-hydrogen) atoms. The van der Waals surface area contributed by atoms with E-state index in [0.29, 0.717) is 143 Å². The SMILES string of the molecule is COCC1(O)CCN(c2ccc(Nc3ccc(-c4ccnc5c4ccn5CC4OCC45CCN(c4ccc(Nc6ccc(-c7ccnc8c7ccn8CC7COCCN(c8ccc(Nc9ccc(-c%10cnc%11cnccn%10%11)c%10c9C(=O)NC%10)nc8)C7)c7c6C(=O)NC7)nc4)CC5)c4c3C(=O)NC4)nc2)CC1. The Hall–Kier alpha value is -11.8. The smallest absolute Gasteiger partial charge is 0.254 e. The summed E-state index contributed by atoms with van der Waals surface area (Å²) in [7, 11) is 1.62. The van der Waals surface area contributed by atoms with E-state index in [0.717, 1.165) is 127 Å². The molecule has 7 aliphatic heterocycles. The summed E-state index contributed by atoms with van der Waals surface area (Å²) < 4.78 is 24.3. The van der Waals surface area contributed by atoms with E-state index in [2.05, 4.69) is 114 Å². The van der Waals surface area contributed by atoms with E-state index in [-0.39, 0.29) is 35.2 Å². The molecule has 2 unspecified atom stereocenters. The summed E-state index contributed by atoms with van der Waals surface area (Å²) in [5.74, 6) is 1.65. The van der Waals surface area contributed by atoms with Crippen molar-refractivity contribution in [2.24, 2.45) is 11.3 Å². The number of methoxy groups -OCH3 is 1. The van der Waals surface area contributed by atoms with Gasteiger partial charge in [-0.05, 0) is 143 Å². The van der Waals surface area contributed by atoms with Crippen molar-refractivity contribution >= 4 is 97.0 Å². The van der Waals surface area contributed by atoms with E-state index in [1.807, 2.05) is 108 Å². The van der Waals surface area contributed by atoms with Crippen molar-refractivity contribution < 1.29 is 33.7 Å². The normalized spacial score (nSPS) is 18.7. The number of benzene rings is 3. The van der Waals surface area contributed by atoms with E-state index in [4.69, 9.17) is 39.1 Å². The number of rotatable bonds is 18. The highest BCUT2D eigenvalue weighted by molar-refractivity contribution is 6.09. The molecular weight excluding hydrogens is 1340 g/mol. The van der Waals surface area contributed by atoms with E-state index in [1.54, 1.807) is 19.5 Å². The van der Waals surface area contributed by atoms with Crippen molar-refractivity contribution in [2.45, 2.75) is 70.1 Å². The van der Waals surface area contributed by atoms with Crippen molar-refractivity contribution in [1.29, 1.82) is 0 Å². The van der Waals surface area contributed by atoms with Gasteiger partial charge in [0.25, 0.3) is 17.7 Å². The number of aliphatic hydroxyl groups is 1. The quantitative estimate of drug-likeness (QED) is 0.0420. The summed E-state index contributed by atoms with van der Waals surface area (Å²) in [6.45, 7) is 9.38. The number of carbonyl (C=O) groups is 3. The highest BCUT2D eigenvalue weighted by Gasteiger charge is 2.50. The zero-order valence-electron chi connectivity index (χ0n) is 58.4. The molecule has 3 amide bonds. The van der Waals surface area contributed by atoms with Gasteiger partial charge < -0.3 is 75.1 Å². The van der Waals surface area contributed by atoms with E-state index < -0.39 is 5.60 Å². The van der Waals surface area contributed by atoms with Gasteiger partial charge >= 0.3 is 0 Å². The fraction of sp³-hybridized carbons (Fsp3) is 0.300. The summed E-state index contributed by atoms with van der Waals surface area (Å²) in [4.78, 5) is 80.6. The molecule has 4 saturated heterocycles. The van der Waals surface area contributed by atoms with Crippen LogP contribution in [0.5, 0.6) is 0 Å². The lowest BCUT2D eigenvalue weighted by Gasteiger charge is -2.53. The number of hydrogen-bond acceptors (Lipinski definition) is 20. The summed E-state index contributed by atoms with van der Waals surface area (Å²) >= 11 is 0. The molecule has 7 N–H and O–H groups in total. The number of nitrogens with one attached hydrogen (secondary N) is 6. The molecule has 4 fully saturated rings. The number of ether oxygens (including phenoxy) is 3. The van der Waals surface area contributed by atoms with Crippen molar-refractivity contribution in [3.05, 3.63) is 199 Å². The molecule has 7 aliphatic rings. The number of nitrogens with zero attached hydrogens (tertiary/aromatic N) is 13. The number of pyridine rings is 5. The topological polar surface area (TPSA) is 286 Å². The van der Waals surface area contributed by atoms with Crippen LogP contribution < -0.4 is 46.6 Å². The average molecular weight is 1420 g/mol. The molecule has 16 heterocycles. The maximum absolute atomic E-state index is 13.8. The van der Waals surface area contributed by atoms with Crippen LogP contribution in [0.25, 0.3) is 61.2 Å². The molecule has 2 atom stereocenters. The van der Waals surface area contributed by atoms with E-state index >= 15 is 0 Å². The molecule has 0 radical (unpaired) electrons. The predicted octanol–water partition coefficient (Wildman–Crippen LogP) is 10.4. The number of carbonyl (C=O) groups excluding carboxylic acids is 3. The number of imidazole rings is 1. The Kier molecular flexibility index (Phi) is 16.2. The zero-order chi connectivity index (χ0) is 71.2. The molecular formula is C80H77N19O7. The summed E-state index contributed by atoms with van der Waals surface area (Å²) in [6.07, 6.45) is 23.9. The van der Waals surface area contributed by atoms with Crippen molar-refractivity contribution in [2.75, 3.05) is 103 Å². The third-order valence-electron chi connectivity index (χ3n) is 22.8. The van der Waals surface area contributed by atoms with Crippen LogP contribution in [0, 0.1) is 11.3 Å². The first kappa shape index (κ1) is 65.0. The molecule has 0 saturated carbocycles. The molecule has 534 valence electrons. The Morgan fingerprint density at radius 3 is 1.57 bits per heavy atom. The van der Waals surface area contributed by atoms with Gasteiger partial charge in [-0.3, -0.25) is 23.8 Å².